The average molecular weight is 277 g/mol. The quantitative estimate of drug-likeness (QED) is 0.601. The molecule has 2 aromatic heterocycles. The fraction of sp³-hybridized carbons (Fsp3) is 0.364. The number of hydrogen-bond donors (Lipinski definition) is 2. The third-order valence-electron chi connectivity index (χ3n) is 2.59. The molecule has 0 fully saturated rings. The lowest BCUT2D eigenvalue weighted by molar-refractivity contribution is -0.384. The van der Waals surface area contributed by atoms with Gasteiger partial charge in [0.05, 0.1) is 11.5 Å². The average Bonchev–Trinajstić information content (AvgIpc) is 2.90. The lowest BCUT2D eigenvalue weighted by Gasteiger charge is -2.14. The summed E-state index contributed by atoms with van der Waals surface area (Å²) in [5.41, 5.74) is -0.156. The van der Waals surface area contributed by atoms with Gasteiger partial charge in [-0.15, -0.1) is 0 Å². The molecule has 106 valence electrons. The van der Waals surface area contributed by atoms with Gasteiger partial charge < -0.3 is 10.6 Å². The van der Waals surface area contributed by atoms with Gasteiger partial charge in [-0.3, -0.25) is 14.8 Å². The first-order chi connectivity index (χ1) is 9.60. The molecule has 1 unspecified atom stereocenters. The van der Waals surface area contributed by atoms with Crippen LogP contribution in [0.1, 0.15) is 6.92 Å². The van der Waals surface area contributed by atoms with Gasteiger partial charge in [0.1, 0.15) is 6.20 Å². The molecule has 2 heterocycles. The van der Waals surface area contributed by atoms with E-state index < -0.39 is 4.92 Å². The Labute approximate surface area is 115 Å². The second kappa shape index (κ2) is 5.95. The summed E-state index contributed by atoms with van der Waals surface area (Å²) in [5, 5.41) is 20.8. The van der Waals surface area contributed by atoms with E-state index in [4.69, 9.17) is 0 Å². The number of hydrogen-bond acceptors (Lipinski definition) is 7. The molecule has 0 aliphatic rings. The molecule has 0 aliphatic carbocycles. The van der Waals surface area contributed by atoms with Crippen LogP contribution < -0.4 is 10.6 Å². The fourth-order valence-electron chi connectivity index (χ4n) is 1.70. The number of aromatic nitrogens is 4. The topological polar surface area (TPSA) is 111 Å². The zero-order valence-electron chi connectivity index (χ0n) is 11.1. The van der Waals surface area contributed by atoms with Gasteiger partial charge in [-0.2, -0.15) is 10.1 Å². The first-order valence-corrected chi connectivity index (χ1v) is 6.03. The summed E-state index contributed by atoms with van der Waals surface area (Å²) in [6, 6.07) is 1.74. The Hall–Kier alpha value is -2.71. The van der Waals surface area contributed by atoms with Gasteiger partial charge in [-0.25, -0.2) is 4.98 Å². The molecule has 9 nitrogen and oxygen atoms in total. The summed E-state index contributed by atoms with van der Waals surface area (Å²) >= 11 is 0. The summed E-state index contributed by atoms with van der Waals surface area (Å²) in [4.78, 5) is 18.4. The fourth-order valence-corrected chi connectivity index (χ4v) is 1.70. The Bertz CT molecular complexity index is 584. The molecule has 0 radical (unpaired) electrons. The second-order valence-electron chi connectivity index (χ2n) is 4.21. The van der Waals surface area contributed by atoms with Crippen LogP contribution in [-0.2, 0) is 6.54 Å². The van der Waals surface area contributed by atoms with E-state index in [2.05, 4.69) is 25.7 Å². The van der Waals surface area contributed by atoms with E-state index in [9.17, 15) is 10.1 Å². The van der Waals surface area contributed by atoms with Gasteiger partial charge in [0.25, 0.3) is 0 Å². The Kier molecular flexibility index (Phi) is 4.08. The molecule has 0 aliphatic heterocycles. The molecule has 0 amide bonds. The van der Waals surface area contributed by atoms with Crippen molar-refractivity contribution in [1.29, 1.82) is 0 Å². The Balaban J connectivity index is 2.16. The Morgan fingerprint density at radius 3 is 2.95 bits per heavy atom. The van der Waals surface area contributed by atoms with E-state index in [1.54, 1.807) is 17.9 Å². The summed E-state index contributed by atoms with van der Waals surface area (Å²) in [6.45, 7) is 2.47. The maximum Gasteiger partial charge on any atom is 0.329 e. The van der Waals surface area contributed by atoms with Crippen molar-refractivity contribution in [1.82, 2.24) is 19.7 Å². The molecule has 2 rings (SSSR count). The van der Waals surface area contributed by atoms with E-state index in [0.29, 0.717) is 12.5 Å². The van der Waals surface area contributed by atoms with Crippen molar-refractivity contribution in [2.75, 3.05) is 17.7 Å². The molecule has 0 saturated carbocycles. The predicted molar refractivity (Wildman–Crippen MR) is 73.5 cm³/mol. The smallest absolute Gasteiger partial charge is 0.329 e. The van der Waals surface area contributed by atoms with Crippen molar-refractivity contribution in [2.24, 2.45) is 0 Å². The minimum atomic E-state index is -0.512. The van der Waals surface area contributed by atoms with E-state index in [1.807, 2.05) is 19.2 Å². The van der Waals surface area contributed by atoms with Crippen molar-refractivity contribution >= 4 is 17.5 Å². The van der Waals surface area contributed by atoms with Crippen LogP contribution >= 0.6 is 0 Å². The molecule has 0 bridgehead atoms. The molecule has 2 aromatic rings. The third kappa shape index (κ3) is 3.19. The van der Waals surface area contributed by atoms with Crippen molar-refractivity contribution < 1.29 is 4.92 Å². The van der Waals surface area contributed by atoms with E-state index in [1.165, 1.54) is 6.20 Å². The van der Waals surface area contributed by atoms with Crippen LogP contribution in [0.25, 0.3) is 0 Å². The molecular weight excluding hydrogens is 262 g/mol. The molecule has 0 aromatic carbocycles. The molecular formula is C11H15N7O2. The van der Waals surface area contributed by atoms with Crippen LogP contribution in [0, 0.1) is 10.1 Å². The first kappa shape index (κ1) is 13.7. The number of nitro groups is 1. The molecule has 1 atom stereocenters. The van der Waals surface area contributed by atoms with Crippen molar-refractivity contribution in [3.05, 3.63) is 34.8 Å². The highest BCUT2D eigenvalue weighted by Gasteiger charge is 2.18. The van der Waals surface area contributed by atoms with Crippen molar-refractivity contribution in [2.45, 2.75) is 19.5 Å². The Morgan fingerprint density at radius 1 is 1.55 bits per heavy atom. The lowest BCUT2D eigenvalue weighted by atomic mass is 10.3. The number of anilines is 2. The van der Waals surface area contributed by atoms with Crippen LogP contribution in [0.3, 0.4) is 0 Å². The van der Waals surface area contributed by atoms with Crippen molar-refractivity contribution in [3.8, 4) is 0 Å². The normalized spacial score (nSPS) is 11.9. The second-order valence-corrected chi connectivity index (χ2v) is 4.21. The zero-order valence-corrected chi connectivity index (χ0v) is 11.1. The predicted octanol–water partition coefficient (Wildman–Crippen LogP) is 1.12. The molecule has 2 N–H and O–H groups in total. The highest BCUT2D eigenvalue weighted by atomic mass is 16.6. The number of rotatable bonds is 6. The van der Waals surface area contributed by atoms with Crippen LogP contribution in [-0.4, -0.2) is 37.8 Å². The van der Waals surface area contributed by atoms with Crippen molar-refractivity contribution in [3.63, 3.8) is 0 Å². The van der Waals surface area contributed by atoms with Gasteiger partial charge >= 0.3 is 5.69 Å². The summed E-state index contributed by atoms with van der Waals surface area (Å²) in [7, 11) is 1.65. The van der Waals surface area contributed by atoms with Gasteiger partial charge in [0, 0.05) is 25.5 Å². The summed E-state index contributed by atoms with van der Waals surface area (Å²) in [5.74, 6) is 0.512. The van der Waals surface area contributed by atoms with E-state index >= 15 is 0 Å². The largest absolute Gasteiger partial charge is 0.360 e. The van der Waals surface area contributed by atoms with Gasteiger partial charge in [0.2, 0.25) is 11.8 Å². The highest BCUT2D eigenvalue weighted by molar-refractivity contribution is 5.57. The van der Waals surface area contributed by atoms with Crippen LogP contribution in [0.2, 0.25) is 0 Å². The van der Waals surface area contributed by atoms with Gasteiger partial charge in [-0.1, -0.05) is 0 Å². The molecule has 0 spiro atoms. The Morgan fingerprint density at radius 2 is 2.35 bits per heavy atom. The molecule has 9 heteroatoms. The first-order valence-electron chi connectivity index (χ1n) is 6.03. The lowest BCUT2D eigenvalue weighted by Crippen LogP contribution is -2.23. The minimum Gasteiger partial charge on any atom is -0.360 e. The maximum absolute atomic E-state index is 11.0. The highest BCUT2D eigenvalue weighted by Crippen LogP contribution is 2.22. The van der Waals surface area contributed by atoms with E-state index in [-0.39, 0.29) is 17.5 Å². The van der Waals surface area contributed by atoms with Gasteiger partial charge in [-0.05, 0) is 13.0 Å². The maximum atomic E-state index is 11.0. The van der Waals surface area contributed by atoms with Crippen LogP contribution in [0.15, 0.2) is 24.7 Å². The van der Waals surface area contributed by atoms with Crippen LogP contribution in [0.4, 0.5) is 17.5 Å². The SMILES string of the molecule is CNc1ncc([N+](=O)[O-])c(NC(C)Cn2cccn2)n1. The van der Waals surface area contributed by atoms with E-state index in [0.717, 1.165) is 0 Å². The molecule has 0 saturated heterocycles. The standard InChI is InChI=1S/C11H15N7O2/c1-8(7-17-5-3-4-14-17)15-10-9(18(19)20)6-13-11(12-2)16-10/h3-6,8H,7H2,1-2H3,(H2,12,13,15,16). The van der Waals surface area contributed by atoms with Crippen LogP contribution in [0.5, 0.6) is 0 Å². The minimum absolute atomic E-state index is 0.0757. The summed E-state index contributed by atoms with van der Waals surface area (Å²) in [6.07, 6.45) is 4.69. The molecule has 20 heavy (non-hydrogen) atoms. The zero-order chi connectivity index (χ0) is 14.5. The number of nitrogens with zero attached hydrogens (tertiary/aromatic N) is 5. The monoisotopic (exact) mass is 277 g/mol. The third-order valence-corrected chi connectivity index (χ3v) is 2.59. The number of nitrogens with one attached hydrogen (secondary N) is 2. The summed E-state index contributed by atoms with van der Waals surface area (Å²) < 4.78 is 1.74. The van der Waals surface area contributed by atoms with Gasteiger partial charge in [0.15, 0.2) is 0 Å².